The van der Waals surface area contributed by atoms with E-state index < -0.39 is 5.97 Å². The number of methoxy groups -OCH3 is 1. The third-order valence-electron chi connectivity index (χ3n) is 3.11. The molecule has 1 aliphatic carbocycles. The zero-order valence-electron chi connectivity index (χ0n) is 9.27. The molecule has 16 heavy (non-hydrogen) atoms. The lowest BCUT2D eigenvalue weighted by molar-refractivity contribution is 0.0693. The van der Waals surface area contributed by atoms with Gasteiger partial charge in [0, 0.05) is 11.6 Å². The van der Waals surface area contributed by atoms with Crippen LogP contribution in [-0.2, 0) is 0 Å². The minimum atomic E-state index is -0.960. The van der Waals surface area contributed by atoms with Crippen molar-refractivity contribution in [3.8, 4) is 5.75 Å². The highest BCUT2D eigenvalue weighted by Crippen LogP contribution is 2.34. The second-order valence-corrected chi connectivity index (χ2v) is 4.10. The summed E-state index contributed by atoms with van der Waals surface area (Å²) in [6, 6.07) is 1.65. The van der Waals surface area contributed by atoms with Gasteiger partial charge in [0.2, 0.25) is 0 Å². The SMILES string of the molecule is COc1cnc(C2CCCC2)cc1C(=O)O. The van der Waals surface area contributed by atoms with Crippen LogP contribution in [0.3, 0.4) is 0 Å². The highest BCUT2D eigenvalue weighted by atomic mass is 16.5. The predicted molar refractivity (Wildman–Crippen MR) is 59.0 cm³/mol. The Labute approximate surface area is 94.3 Å². The molecule has 0 unspecified atom stereocenters. The number of pyridine rings is 1. The smallest absolute Gasteiger partial charge is 0.339 e. The molecule has 4 heteroatoms. The summed E-state index contributed by atoms with van der Waals surface area (Å²) in [7, 11) is 1.46. The van der Waals surface area contributed by atoms with Crippen LogP contribution in [0.15, 0.2) is 12.3 Å². The summed E-state index contributed by atoms with van der Waals surface area (Å²) in [5.41, 5.74) is 1.09. The lowest BCUT2D eigenvalue weighted by Gasteiger charge is -2.11. The number of carboxylic acids is 1. The maximum atomic E-state index is 11.0. The van der Waals surface area contributed by atoms with Crippen molar-refractivity contribution in [1.82, 2.24) is 4.98 Å². The van der Waals surface area contributed by atoms with Crippen LogP contribution in [0, 0.1) is 0 Å². The van der Waals surface area contributed by atoms with Crippen LogP contribution in [-0.4, -0.2) is 23.2 Å². The van der Waals surface area contributed by atoms with E-state index in [1.54, 1.807) is 6.07 Å². The molecule has 0 bridgehead atoms. The topological polar surface area (TPSA) is 59.4 Å². The third-order valence-corrected chi connectivity index (χ3v) is 3.11. The number of hydrogen-bond donors (Lipinski definition) is 1. The van der Waals surface area contributed by atoms with Crippen molar-refractivity contribution in [3.63, 3.8) is 0 Å². The monoisotopic (exact) mass is 221 g/mol. The molecule has 0 aromatic carbocycles. The number of carbonyl (C=O) groups is 1. The molecule has 1 aromatic rings. The molecule has 1 aromatic heterocycles. The lowest BCUT2D eigenvalue weighted by atomic mass is 10.0. The van der Waals surface area contributed by atoms with E-state index in [1.807, 2.05) is 0 Å². The van der Waals surface area contributed by atoms with Crippen molar-refractivity contribution in [2.75, 3.05) is 7.11 Å². The fourth-order valence-electron chi connectivity index (χ4n) is 2.23. The zero-order chi connectivity index (χ0) is 11.5. The predicted octanol–water partition coefficient (Wildman–Crippen LogP) is 2.45. The van der Waals surface area contributed by atoms with Crippen LogP contribution in [0.5, 0.6) is 5.75 Å². The van der Waals surface area contributed by atoms with Gasteiger partial charge in [0.15, 0.2) is 5.75 Å². The molecule has 1 saturated carbocycles. The number of rotatable bonds is 3. The molecule has 4 nitrogen and oxygen atoms in total. The standard InChI is InChI=1S/C12H15NO3/c1-16-11-7-13-10(6-9(11)12(14)15)8-4-2-3-5-8/h6-8H,2-5H2,1H3,(H,14,15). The van der Waals surface area contributed by atoms with E-state index in [1.165, 1.54) is 26.1 Å². The maximum Gasteiger partial charge on any atom is 0.339 e. The second kappa shape index (κ2) is 4.51. The average Bonchev–Trinajstić information content (AvgIpc) is 2.81. The van der Waals surface area contributed by atoms with Crippen LogP contribution >= 0.6 is 0 Å². The first-order valence-corrected chi connectivity index (χ1v) is 5.49. The quantitative estimate of drug-likeness (QED) is 0.851. The van der Waals surface area contributed by atoms with Gasteiger partial charge in [0.1, 0.15) is 5.56 Å². The molecule has 2 rings (SSSR count). The molecular weight excluding hydrogens is 206 g/mol. The Morgan fingerprint density at radius 1 is 1.50 bits per heavy atom. The molecule has 0 saturated heterocycles. The number of aromatic nitrogens is 1. The lowest BCUT2D eigenvalue weighted by Crippen LogP contribution is -2.05. The zero-order valence-corrected chi connectivity index (χ0v) is 9.27. The highest BCUT2D eigenvalue weighted by molar-refractivity contribution is 5.90. The summed E-state index contributed by atoms with van der Waals surface area (Å²) in [4.78, 5) is 15.3. The summed E-state index contributed by atoms with van der Waals surface area (Å²) >= 11 is 0. The first-order valence-electron chi connectivity index (χ1n) is 5.49. The van der Waals surface area contributed by atoms with E-state index in [0.717, 1.165) is 18.5 Å². The van der Waals surface area contributed by atoms with Crippen LogP contribution in [0.2, 0.25) is 0 Å². The average molecular weight is 221 g/mol. The van der Waals surface area contributed by atoms with Gasteiger partial charge in [-0.15, -0.1) is 0 Å². The van der Waals surface area contributed by atoms with Gasteiger partial charge < -0.3 is 9.84 Å². The van der Waals surface area contributed by atoms with Gasteiger partial charge in [-0.1, -0.05) is 12.8 Å². The molecule has 86 valence electrons. The normalized spacial score (nSPS) is 16.3. The van der Waals surface area contributed by atoms with Crippen LogP contribution in [0.25, 0.3) is 0 Å². The molecule has 0 aliphatic heterocycles. The van der Waals surface area contributed by atoms with E-state index >= 15 is 0 Å². The molecule has 1 aliphatic rings. The Hall–Kier alpha value is -1.58. The van der Waals surface area contributed by atoms with Gasteiger partial charge in [-0.2, -0.15) is 0 Å². The first-order chi connectivity index (χ1) is 7.72. The fraction of sp³-hybridized carbons (Fsp3) is 0.500. The largest absolute Gasteiger partial charge is 0.494 e. The fourth-order valence-corrected chi connectivity index (χ4v) is 2.23. The van der Waals surface area contributed by atoms with Crippen molar-refractivity contribution < 1.29 is 14.6 Å². The summed E-state index contributed by atoms with van der Waals surface area (Å²) in [6.07, 6.45) is 6.15. The molecule has 1 fully saturated rings. The van der Waals surface area contributed by atoms with Gasteiger partial charge in [-0.3, -0.25) is 4.98 Å². The molecule has 1 heterocycles. The number of aromatic carboxylic acids is 1. The highest BCUT2D eigenvalue weighted by Gasteiger charge is 2.21. The van der Waals surface area contributed by atoms with E-state index in [4.69, 9.17) is 9.84 Å². The molecule has 0 radical (unpaired) electrons. The van der Waals surface area contributed by atoms with Gasteiger partial charge >= 0.3 is 5.97 Å². The maximum absolute atomic E-state index is 11.0. The number of ether oxygens (including phenoxy) is 1. The molecule has 0 spiro atoms. The van der Waals surface area contributed by atoms with E-state index in [-0.39, 0.29) is 5.56 Å². The minimum Gasteiger partial charge on any atom is -0.494 e. The van der Waals surface area contributed by atoms with E-state index in [0.29, 0.717) is 11.7 Å². The molecule has 0 atom stereocenters. The number of nitrogens with zero attached hydrogens (tertiary/aromatic N) is 1. The Morgan fingerprint density at radius 3 is 2.75 bits per heavy atom. The van der Waals surface area contributed by atoms with Crippen molar-refractivity contribution in [1.29, 1.82) is 0 Å². The molecule has 0 amide bonds. The van der Waals surface area contributed by atoms with Crippen molar-refractivity contribution in [2.24, 2.45) is 0 Å². The Bertz CT molecular complexity index is 397. The third kappa shape index (κ3) is 2.01. The minimum absolute atomic E-state index is 0.208. The van der Waals surface area contributed by atoms with Crippen molar-refractivity contribution in [3.05, 3.63) is 23.5 Å². The summed E-state index contributed by atoms with van der Waals surface area (Å²) in [6.45, 7) is 0. The van der Waals surface area contributed by atoms with Crippen LogP contribution < -0.4 is 4.74 Å². The summed E-state index contributed by atoms with van der Waals surface area (Å²) < 4.78 is 4.98. The molecular formula is C12H15NO3. The van der Waals surface area contributed by atoms with Gasteiger partial charge in [0.05, 0.1) is 13.3 Å². The van der Waals surface area contributed by atoms with Crippen molar-refractivity contribution in [2.45, 2.75) is 31.6 Å². The molecule has 1 N–H and O–H groups in total. The first kappa shape index (κ1) is 10.9. The summed E-state index contributed by atoms with van der Waals surface area (Å²) in [5.74, 6) is -0.211. The van der Waals surface area contributed by atoms with Gasteiger partial charge in [0.25, 0.3) is 0 Å². The van der Waals surface area contributed by atoms with Gasteiger partial charge in [-0.05, 0) is 18.9 Å². The Morgan fingerprint density at radius 2 is 2.19 bits per heavy atom. The number of carboxylic acid groups (broad SMARTS) is 1. The number of hydrogen-bond acceptors (Lipinski definition) is 3. The van der Waals surface area contributed by atoms with Gasteiger partial charge in [-0.25, -0.2) is 4.79 Å². The summed E-state index contributed by atoms with van der Waals surface area (Å²) in [5, 5.41) is 9.06. The van der Waals surface area contributed by atoms with Crippen LogP contribution in [0.1, 0.15) is 47.7 Å². The van der Waals surface area contributed by atoms with Crippen LogP contribution in [0.4, 0.5) is 0 Å². The Balaban J connectivity index is 2.34. The van der Waals surface area contributed by atoms with E-state index in [2.05, 4.69) is 4.98 Å². The van der Waals surface area contributed by atoms with Crippen molar-refractivity contribution >= 4 is 5.97 Å². The van der Waals surface area contributed by atoms with E-state index in [9.17, 15) is 4.79 Å². The second-order valence-electron chi connectivity index (χ2n) is 4.10. The Kier molecular flexibility index (Phi) is 3.08.